The number of hydrogen-bond donors (Lipinski definition) is 0. The molecule has 0 amide bonds. The van der Waals surface area contributed by atoms with Crippen LogP contribution in [0.2, 0.25) is 0 Å². The normalized spacial score (nSPS) is 10.3. The van der Waals surface area contributed by atoms with Crippen molar-refractivity contribution < 1.29 is 28.5 Å². The monoisotopic (exact) mass is 452 g/mol. The summed E-state index contributed by atoms with van der Waals surface area (Å²) in [5, 5.41) is 0. The molecule has 0 spiro atoms. The first-order chi connectivity index (χ1) is 15.7. The molecule has 0 radical (unpaired) electrons. The van der Waals surface area contributed by atoms with Gasteiger partial charge in [-0.2, -0.15) is 0 Å². The second-order valence-electron chi connectivity index (χ2n) is 7.91. The first kappa shape index (κ1) is 25.7. The van der Waals surface area contributed by atoms with Crippen molar-refractivity contribution in [1.82, 2.24) is 0 Å². The van der Waals surface area contributed by atoms with E-state index in [1.165, 1.54) is 0 Å². The van der Waals surface area contributed by atoms with Crippen LogP contribution in [0.15, 0.2) is 60.7 Å². The van der Waals surface area contributed by atoms with Crippen LogP contribution in [0.3, 0.4) is 0 Å². The molecule has 0 fully saturated rings. The van der Waals surface area contributed by atoms with Crippen LogP contribution in [0.1, 0.15) is 36.1 Å². The van der Waals surface area contributed by atoms with E-state index in [1.807, 2.05) is 38.1 Å². The third kappa shape index (κ3) is 8.48. The smallest absolute Gasteiger partial charge is 0.333 e. The van der Waals surface area contributed by atoms with Gasteiger partial charge in [0.05, 0.1) is 0 Å². The zero-order valence-corrected chi connectivity index (χ0v) is 19.9. The lowest BCUT2D eigenvalue weighted by atomic mass is 10.0. The minimum atomic E-state index is -0.413. The van der Waals surface area contributed by atoms with Gasteiger partial charge in [0.25, 0.3) is 0 Å². The molecule has 2 aromatic carbocycles. The van der Waals surface area contributed by atoms with Crippen LogP contribution >= 0.6 is 0 Å². The Hall–Kier alpha value is -3.54. The zero-order chi connectivity index (χ0) is 24.4. The number of esters is 2. The van der Waals surface area contributed by atoms with Gasteiger partial charge in [0.15, 0.2) is 0 Å². The van der Waals surface area contributed by atoms with Crippen molar-refractivity contribution in [3.8, 4) is 11.5 Å². The Morgan fingerprint density at radius 1 is 0.697 bits per heavy atom. The van der Waals surface area contributed by atoms with E-state index >= 15 is 0 Å². The highest BCUT2D eigenvalue weighted by Crippen LogP contribution is 2.24. The third-order valence-electron chi connectivity index (χ3n) is 4.73. The van der Waals surface area contributed by atoms with Crippen LogP contribution in [0.5, 0.6) is 11.5 Å². The first-order valence-electron chi connectivity index (χ1n) is 10.8. The van der Waals surface area contributed by atoms with Gasteiger partial charge in [0, 0.05) is 11.1 Å². The van der Waals surface area contributed by atoms with Crippen molar-refractivity contribution in [3.63, 3.8) is 0 Å². The Labute approximate surface area is 195 Å². The predicted octanol–water partition coefficient (Wildman–Crippen LogP) is 4.89. The number of hydrogen-bond acceptors (Lipinski definition) is 6. The average Bonchev–Trinajstić information content (AvgIpc) is 2.76. The molecular weight excluding hydrogens is 420 g/mol. The van der Waals surface area contributed by atoms with Gasteiger partial charge < -0.3 is 18.9 Å². The maximum Gasteiger partial charge on any atom is 0.333 e. The molecule has 0 saturated carbocycles. The summed E-state index contributed by atoms with van der Waals surface area (Å²) >= 11 is 0. The van der Waals surface area contributed by atoms with Crippen molar-refractivity contribution in [2.75, 3.05) is 26.4 Å². The summed E-state index contributed by atoms with van der Waals surface area (Å²) < 4.78 is 21.5. The molecule has 0 aromatic heterocycles. The largest absolute Gasteiger partial charge is 0.490 e. The fourth-order valence-corrected chi connectivity index (χ4v) is 3.02. The fourth-order valence-electron chi connectivity index (χ4n) is 3.02. The molecular formula is C27H32O6. The minimum absolute atomic E-state index is 0.177. The molecule has 2 aromatic rings. The van der Waals surface area contributed by atoms with Gasteiger partial charge in [-0.15, -0.1) is 0 Å². The van der Waals surface area contributed by atoms with Crippen molar-refractivity contribution in [1.29, 1.82) is 0 Å². The van der Waals surface area contributed by atoms with Gasteiger partial charge in [-0.25, -0.2) is 9.59 Å². The predicted molar refractivity (Wildman–Crippen MR) is 128 cm³/mol. The number of benzene rings is 2. The van der Waals surface area contributed by atoms with Crippen molar-refractivity contribution in [3.05, 3.63) is 83.0 Å². The lowest BCUT2D eigenvalue weighted by Gasteiger charge is -2.13. The van der Waals surface area contributed by atoms with Crippen LogP contribution in [0, 0.1) is 13.8 Å². The fraction of sp³-hybridized carbons (Fsp3) is 0.333. The van der Waals surface area contributed by atoms with Gasteiger partial charge in [0.2, 0.25) is 0 Å². The number of ether oxygens (including phenoxy) is 4. The topological polar surface area (TPSA) is 71.1 Å². The van der Waals surface area contributed by atoms with Gasteiger partial charge in [0.1, 0.15) is 37.9 Å². The van der Waals surface area contributed by atoms with E-state index in [9.17, 15) is 9.59 Å². The maximum atomic E-state index is 11.4. The Balaban J connectivity index is 1.86. The van der Waals surface area contributed by atoms with E-state index in [0.29, 0.717) is 11.1 Å². The second kappa shape index (κ2) is 12.5. The van der Waals surface area contributed by atoms with E-state index in [1.54, 1.807) is 13.8 Å². The molecule has 0 aliphatic rings. The van der Waals surface area contributed by atoms with Crippen molar-refractivity contribution in [2.24, 2.45) is 0 Å². The molecule has 6 nitrogen and oxygen atoms in total. The van der Waals surface area contributed by atoms with Gasteiger partial charge in [-0.3, -0.25) is 0 Å². The summed E-state index contributed by atoms with van der Waals surface area (Å²) in [6.07, 6.45) is 0.773. The van der Waals surface area contributed by atoms with Crippen molar-refractivity contribution in [2.45, 2.75) is 34.1 Å². The lowest BCUT2D eigenvalue weighted by Crippen LogP contribution is -2.12. The van der Waals surface area contributed by atoms with Crippen molar-refractivity contribution >= 4 is 11.9 Å². The molecule has 33 heavy (non-hydrogen) atoms. The van der Waals surface area contributed by atoms with Crippen LogP contribution in [0.4, 0.5) is 0 Å². The number of rotatable bonds is 12. The van der Waals surface area contributed by atoms with E-state index < -0.39 is 11.9 Å². The zero-order valence-electron chi connectivity index (χ0n) is 19.9. The Morgan fingerprint density at radius 2 is 1.09 bits per heavy atom. The Bertz CT molecular complexity index is 940. The quantitative estimate of drug-likeness (QED) is 0.259. The summed E-state index contributed by atoms with van der Waals surface area (Å²) in [5.41, 5.74) is 5.09. The molecule has 0 bridgehead atoms. The summed E-state index contributed by atoms with van der Waals surface area (Å²) in [4.78, 5) is 22.8. The molecule has 6 heteroatoms. The van der Waals surface area contributed by atoms with Gasteiger partial charge in [-0.1, -0.05) is 37.4 Å². The highest BCUT2D eigenvalue weighted by molar-refractivity contribution is 5.87. The lowest BCUT2D eigenvalue weighted by molar-refractivity contribution is -0.140. The highest BCUT2D eigenvalue weighted by Gasteiger charge is 2.08. The summed E-state index contributed by atoms with van der Waals surface area (Å²) in [6, 6.07) is 12.1. The molecule has 2 rings (SSSR count). The molecule has 0 atom stereocenters. The molecule has 0 saturated heterocycles. The van der Waals surface area contributed by atoms with Crippen LogP contribution in [-0.4, -0.2) is 38.4 Å². The number of carbonyl (C=O) groups is 2. The Kier molecular flexibility index (Phi) is 9.73. The maximum absolute atomic E-state index is 11.4. The van der Waals surface area contributed by atoms with Gasteiger partial charge in [-0.05, 0) is 68.5 Å². The van der Waals surface area contributed by atoms with Crippen LogP contribution in [0.25, 0.3) is 0 Å². The molecule has 0 heterocycles. The molecule has 0 aliphatic carbocycles. The second-order valence-corrected chi connectivity index (χ2v) is 7.91. The van der Waals surface area contributed by atoms with Crippen LogP contribution < -0.4 is 9.47 Å². The van der Waals surface area contributed by atoms with Gasteiger partial charge >= 0.3 is 11.9 Å². The molecule has 0 unspecified atom stereocenters. The van der Waals surface area contributed by atoms with E-state index in [4.69, 9.17) is 18.9 Å². The molecule has 0 N–H and O–H groups in total. The van der Waals surface area contributed by atoms with E-state index in [2.05, 4.69) is 25.3 Å². The highest BCUT2D eigenvalue weighted by atomic mass is 16.6. The van der Waals surface area contributed by atoms with E-state index in [0.717, 1.165) is 40.2 Å². The third-order valence-corrected chi connectivity index (χ3v) is 4.73. The standard InChI is InChI=1S/C27H32O6/c1-18(2)26(28)32-13-11-30-24-9-7-22(15-20(24)5)17-23-8-10-25(21(6)16-23)31-12-14-33-27(29)19(3)4/h7-10,15-16H,1,3,11-14,17H2,2,4-6H3. The summed E-state index contributed by atoms with van der Waals surface area (Å²) in [6.45, 7) is 15.2. The minimum Gasteiger partial charge on any atom is -0.490 e. The van der Waals surface area contributed by atoms with Crippen LogP contribution in [-0.2, 0) is 25.5 Å². The molecule has 0 aliphatic heterocycles. The summed E-state index contributed by atoms with van der Waals surface area (Å²) in [7, 11) is 0. The Morgan fingerprint density at radius 3 is 1.42 bits per heavy atom. The average molecular weight is 453 g/mol. The summed E-state index contributed by atoms with van der Waals surface area (Å²) in [5.74, 6) is 0.696. The molecule has 176 valence electrons. The number of aryl methyl sites for hydroxylation is 2. The number of carbonyl (C=O) groups excluding carboxylic acids is 2. The SMILES string of the molecule is C=C(C)C(=O)OCCOc1ccc(Cc2ccc(OCCOC(=O)C(=C)C)c(C)c2)cc1C. The first-order valence-corrected chi connectivity index (χ1v) is 10.8. The van der Waals surface area contributed by atoms with E-state index in [-0.39, 0.29) is 26.4 Å².